The van der Waals surface area contributed by atoms with E-state index < -0.39 is 0 Å². The van der Waals surface area contributed by atoms with Crippen molar-refractivity contribution in [2.75, 3.05) is 14.2 Å². The SMILES string of the molecule is COc1ccc(-c2cc3cc(CO)cc(OC)c3o2)c(C)c1. The number of hydrogen-bond donors (Lipinski definition) is 1. The highest BCUT2D eigenvalue weighted by Crippen LogP contribution is 2.36. The molecule has 3 aromatic rings. The maximum absolute atomic E-state index is 9.34. The lowest BCUT2D eigenvalue weighted by atomic mass is 10.1. The van der Waals surface area contributed by atoms with Crippen LogP contribution in [-0.2, 0) is 6.61 Å². The van der Waals surface area contributed by atoms with Crippen molar-refractivity contribution < 1.29 is 19.0 Å². The van der Waals surface area contributed by atoms with Gasteiger partial charge in [-0.05, 0) is 54.4 Å². The number of rotatable bonds is 4. The van der Waals surface area contributed by atoms with Gasteiger partial charge in [0.15, 0.2) is 11.3 Å². The highest BCUT2D eigenvalue weighted by Gasteiger charge is 2.14. The summed E-state index contributed by atoms with van der Waals surface area (Å²) < 4.78 is 16.6. The normalized spacial score (nSPS) is 10.9. The molecule has 0 saturated heterocycles. The number of aliphatic hydroxyl groups excluding tert-OH is 1. The van der Waals surface area contributed by atoms with Crippen molar-refractivity contribution in [3.63, 3.8) is 0 Å². The summed E-state index contributed by atoms with van der Waals surface area (Å²) in [6.07, 6.45) is 0. The van der Waals surface area contributed by atoms with Crippen LogP contribution in [0, 0.1) is 6.92 Å². The summed E-state index contributed by atoms with van der Waals surface area (Å²) in [6.45, 7) is 1.98. The minimum atomic E-state index is -0.0334. The minimum absolute atomic E-state index is 0.0334. The van der Waals surface area contributed by atoms with Gasteiger partial charge in [0, 0.05) is 10.9 Å². The standard InChI is InChI=1S/C18H18O4/c1-11-6-14(20-2)4-5-15(11)16-9-13-7-12(10-19)8-17(21-3)18(13)22-16/h4-9,19H,10H2,1-3H3. The van der Waals surface area contributed by atoms with Gasteiger partial charge in [0.25, 0.3) is 0 Å². The van der Waals surface area contributed by atoms with E-state index in [0.29, 0.717) is 11.3 Å². The Morgan fingerprint density at radius 2 is 1.86 bits per heavy atom. The van der Waals surface area contributed by atoms with Crippen molar-refractivity contribution in [2.45, 2.75) is 13.5 Å². The summed E-state index contributed by atoms with van der Waals surface area (Å²) in [6, 6.07) is 11.5. The number of aryl methyl sites for hydroxylation is 1. The van der Waals surface area contributed by atoms with Crippen LogP contribution in [0.1, 0.15) is 11.1 Å². The second-order valence-corrected chi connectivity index (χ2v) is 5.17. The molecule has 2 aromatic carbocycles. The molecule has 1 aromatic heterocycles. The molecule has 4 heteroatoms. The molecule has 1 N–H and O–H groups in total. The average molecular weight is 298 g/mol. The van der Waals surface area contributed by atoms with Crippen molar-refractivity contribution in [3.05, 3.63) is 47.5 Å². The van der Waals surface area contributed by atoms with Crippen LogP contribution in [0.4, 0.5) is 0 Å². The van der Waals surface area contributed by atoms with Gasteiger partial charge in [-0.3, -0.25) is 0 Å². The third kappa shape index (κ3) is 2.42. The number of methoxy groups -OCH3 is 2. The Morgan fingerprint density at radius 3 is 2.50 bits per heavy atom. The predicted molar refractivity (Wildman–Crippen MR) is 85.4 cm³/mol. The first-order valence-electron chi connectivity index (χ1n) is 7.02. The van der Waals surface area contributed by atoms with Crippen LogP contribution in [0.2, 0.25) is 0 Å². The third-order valence-electron chi connectivity index (χ3n) is 3.74. The number of hydrogen-bond acceptors (Lipinski definition) is 4. The lowest BCUT2D eigenvalue weighted by Crippen LogP contribution is -1.87. The van der Waals surface area contributed by atoms with Crippen molar-refractivity contribution in [3.8, 4) is 22.8 Å². The van der Waals surface area contributed by atoms with Crippen molar-refractivity contribution >= 4 is 11.0 Å². The largest absolute Gasteiger partial charge is 0.497 e. The fraction of sp³-hybridized carbons (Fsp3) is 0.222. The zero-order chi connectivity index (χ0) is 15.7. The lowest BCUT2D eigenvalue weighted by molar-refractivity contribution is 0.281. The van der Waals surface area contributed by atoms with Gasteiger partial charge in [-0.2, -0.15) is 0 Å². The summed E-state index contributed by atoms with van der Waals surface area (Å²) >= 11 is 0. The highest BCUT2D eigenvalue weighted by atomic mass is 16.5. The monoisotopic (exact) mass is 298 g/mol. The van der Waals surface area contributed by atoms with Gasteiger partial charge in [-0.1, -0.05) is 0 Å². The van der Waals surface area contributed by atoms with Gasteiger partial charge < -0.3 is 19.0 Å². The first-order chi connectivity index (χ1) is 10.7. The molecule has 114 valence electrons. The summed E-state index contributed by atoms with van der Waals surface area (Å²) in [4.78, 5) is 0. The molecule has 0 fully saturated rings. The Labute approximate surface area is 128 Å². The number of ether oxygens (including phenoxy) is 2. The average Bonchev–Trinajstić information content (AvgIpc) is 2.97. The molecule has 3 rings (SSSR count). The summed E-state index contributed by atoms with van der Waals surface area (Å²) in [5.74, 6) is 2.21. The van der Waals surface area contributed by atoms with E-state index in [9.17, 15) is 5.11 Å². The molecule has 1 heterocycles. The van der Waals surface area contributed by atoms with E-state index in [0.717, 1.165) is 33.6 Å². The maximum Gasteiger partial charge on any atom is 0.176 e. The molecule has 0 aliphatic heterocycles. The second kappa shape index (κ2) is 5.73. The Bertz CT molecular complexity index is 817. The Kier molecular flexibility index (Phi) is 3.77. The Morgan fingerprint density at radius 1 is 1.05 bits per heavy atom. The third-order valence-corrected chi connectivity index (χ3v) is 3.74. The minimum Gasteiger partial charge on any atom is -0.497 e. The molecule has 4 nitrogen and oxygen atoms in total. The van der Waals surface area contributed by atoms with E-state index in [2.05, 4.69) is 0 Å². The van der Waals surface area contributed by atoms with E-state index in [1.165, 1.54) is 0 Å². The molecule has 0 aliphatic carbocycles. The maximum atomic E-state index is 9.34. The second-order valence-electron chi connectivity index (χ2n) is 5.17. The van der Waals surface area contributed by atoms with Gasteiger partial charge in [-0.25, -0.2) is 0 Å². The lowest BCUT2D eigenvalue weighted by Gasteiger charge is -2.05. The van der Waals surface area contributed by atoms with Gasteiger partial charge in [0.1, 0.15) is 11.5 Å². The van der Waals surface area contributed by atoms with Crippen LogP contribution in [0.15, 0.2) is 40.8 Å². The zero-order valence-electron chi connectivity index (χ0n) is 12.8. The molecular weight excluding hydrogens is 280 g/mol. The summed E-state index contributed by atoms with van der Waals surface area (Å²) in [7, 11) is 3.24. The van der Waals surface area contributed by atoms with Gasteiger partial charge in [-0.15, -0.1) is 0 Å². The molecule has 0 saturated carbocycles. The summed E-state index contributed by atoms with van der Waals surface area (Å²) in [5.41, 5.74) is 3.55. The number of benzene rings is 2. The topological polar surface area (TPSA) is 51.8 Å². The summed E-state index contributed by atoms with van der Waals surface area (Å²) in [5, 5.41) is 10.3. The number of furan rings is 1. The van der Waals surface area contributed by atoms with Crippen LogP contribution < -0.4 is 9.47 Å². The molecule has 0 spiro atoms. The van der Waals surface area contributed by atoms with Crippen LogP contribution in [0.3, 0.4) is 0 Å². The zero-order valence-corrected chi connectivity index (χ0v) is 12.8. The molecule has 0 unspecified atom stereocenters. The van der Waals surface area contributed by atoms with Crippen LogP contribution in [-0.4, -0.2) is 19.3 Å². The van der Waals surface area contributed by atoms with Gasteiger partial charge >= 0.3 is 0 Å². The van der Waals surface area contributed by atoms with E-state index in [1.54, 1.807) is 20.3 Å². The number of aliphatic hydroxyl groups is 1. The predicted octanol–water partition coefficient (Wildman–Crippen LogP) is 3.92. The van der Waals surface area contributed by atoms with E-state index in [4.69, 9.17) is 13.9 Å². The van der Waals surface area contributed by atoms with Crippen molar-refractivity contribution in [1.29, 1.82) is 0 Å². The van der Waals surface area contributed by atoms with E-state index >= 15 is 0 Å². The van der Waals surface area contributed by atoms with Crippen molar-refractivity contribution in [1.82, 2.24) is 0 Å². The highest BCUT2D eigenvalue weighted by molar-refractivity contribution is 5.88. The van der Waals surface area contributed by atoms with E-state index in [-0.39, 0.29) is 6.61 Å². The van der Waals surface area contributed by atoms with Crippen LogP contribution in [0.25, 0.3) is 22.3 Å². The fourth-order valence-electron chi connectivity index (χ4n) is 2.60. The quantitative estimate of drug-likeness (QED) is 0.793. The Hall–Kier alpha value is -2.46. The molecular formula is C18H18O4. The van der Waals surface area contributed by atoms with Crippen LogP contribution >= 0.6 is 0 Å². The molecule has 0 radical (unpaired) electrons. The van der Waals surface area contributed by atoms with E-state index in [1.807, 2.05) is 37.3 Å². The van der Waals surface area contributed by atoms with Gasteiger partial charge in [0.05, 0.1) is 20.8 Å². The molecule has 0 aliphatic rings. The number of fused-ring (bicyclic) bond motifs is 1. The molecule has 22 heavy (non-hydrogen) atoms. The van der Waals surface area contributed by atoms with Gasteiger partial charge in [0.2, 0.25) is 0 Å². The molecule has 0 amide bonds. The first kappa shape index (κ1) is 14.5. The van der Waals surface area contributed by atoms with Crippen molar-refractivity contribution in [2.24, 2.45) is 0 Å². The fourth-order valence-corrected chi connectivity index (χ4v) is 2.60. The molecule has 0 atom stereocenters. The first-order valence-corrected chi connectivity index (χ1v) is 7.02. The Balaban J connectivity index is 2.16. The smallest absolute Gasteiger partial charge is 0.176 e. The van der Waals surface area contributed by atoms with Crippen LogP contribution in [0.5, 0.6) is 11.5 Å². The molecule has 0 bridgehead atoms.